The van der Waals surface area contributed by atoms with Gasteiger partial charge in [0.25, 0.3) is 0 Å². The number of hydrogen-bond donors (Lipinski definition) is 2. The summed E-state index contributed by atoms with van der Waals surface area (Å²) in [5.74, 6) is 1.79. The number of halogens is 3. The molecule has 0 radical (unpaired) electrons. The zero-order chi connectivity index (χ0) is 27.9. The number of aromatic nitrogens is 4. The second-order valence-electron chi connectivity index (χ2n) is 9.81. The summed E-state index contributed by atoms with van der Waals surface area (Å²) in [5.41, 5.74) is 0.789. The summed E-state index contributed by atoms with van der Waals surface area (Å²) in [6, 6.07) is 13.6. The van der Waals surface area contributed by atoms with Crippen LogP contribution in [0.4, 0.5) is 5.82 Å². The smallest absolute Gasteiger partial charge is 0.325 e. The van der Waals surface area contributed by atoms with Gasteiger partial charge in [-0.05, 0) is 48.2 Å². The lowest BCUT2D eigenvalue weighted by Crippen LogP contribution is -2.41. The van der Waals surface area contributed by atoms with Crippen LogP contribution in [0.5, 0.6) is 11.8 Å². The maximum absolute atomic E-state index is 13.6. The van der Waals surface area contributed by atoms with Crippen LogP contribution in [-0.4, -0.2) is 31.5 Å². The molecule has 2 heterocycles. The average molecular weight is 600 g/mol. The van der Waals surface area contributed by atoms with Gasteiger partial charge >= 0.3 is 6.01 Å². The van der Waals surface area contributed by atoms with E-state index in [9.17, 15) is 4.79 Å². The van der Waals surface area contributed by atoms with Gasteiger partial charge in [0.15, 0.2) is 0 Å². The molecule has 1 fully saturated rings. The van der Waals surface area contributed by atoms with Gasteiger partial charge in [-0.15, -0.1) is 0 Å². The minimum atomic E-state index is -0.529. The van der Waals surface area contributed by atoms with Gasteiger partial charge < -0.3 is 15.4 Å². The Balaban J connectivity index is 1.40. The minimum Gasteiger partial charge on any atom is -0.424 e. The third-order valence-electron chi connectivity index (χ3n) is 6.87. The van der Waals surface area contributed by atoms with E-state index in [1.54, 1.807) is 65.8 Å². The Morgan fingerprint density at radius 3 is 2.60 bits per heavy atom. The number of ether oxygens (including phenoxy) is 1. The van der Waals surface area contributed by atoms with Gasteiger partial charge in [0.05, 0.1) is 0 Å². The summed E-state index contributed by atoms with van der Waals surface area (Å²) in [4.78, 5) is 26.8. The number of rotatable bonds is 10. The van der Waals surface area contributed by atoms with Gasteiger partial charge in [0.1, 0.15) is 29.8 Å². The first kappa shape index (κ1) is 28.2. The monoisotopic (exact) mass is 598 g/mol. The van der Waals surface area contributed by atoms with Gasteiger partial charge in [-0.3, -0.25) is 9.36 Å². The summed E-state index contributed by atoms with van der Waals surface area (Å²) >= 11 is 18.5. The topological polar surface area (TPSA) is 94.0 Å². The fraction of sp³-hybridized carbons (Fsp3) is 0.310. The molecule has 2 N–H and O–H groups in total. The molecule has 1 aliphatic carbocycles. The maximum atomic E-state index is 13.6. The Bertz CT molecular complexity index is 1440. The molecule has 1 amide bonds. The number of carbonyl (C=O) groups is 1. The van der Waals surface area contributed by atoms with Crippen LogP contribution >= 0.6 is 34.8 Å². The lowest BCUT2D eigenvalue weighted by Gasteiger charge is -2.27. The lowest BCUT2D eigenvalue weighted by atomic mass is 9.84. The predicted molar refractivity (Wildman–Crippen MR) is 158 cm³/mol. The second kappa shape index (κ2) is 13.4. The third-order valence-corrected chi connectivity index (χ3v) is 7.69. The van der Waals surface area contributed by atoms with Crippen molar-refractivity contribution in [1.29, 1.82) is 0 Å². The summed E-state index contributed by atoms with van der Waals surface area (Å²) in [6.07, 6.45) is 11.5. The first-order chi connectivity index (χ1) is 19.4. The molecule has 0 saturated heterocycles. The van der Waals surface area contributed by atoms with Crippen molar-refractivity contribution in [2.45, 2.75) is 51.1 Å². The molecule has 2 aromatic carbocycles. The van der Waals surface area contributed by atoms with Crippen LogP contribution in [0.2, 0.25) is 15.1 Å². The molecule has 2 aromatic heterocycles. The quantitative estimate of drug-likeness (QED) is 0.196. The fourth-order valence-electron chi connectivity index (χ4n) is 4.83. The highest BCUT2D eigenvalue weighted by Crippen LogP contribution is 2.29. The van der Waals surface area contributed by atoms with Crippen LogP contribution in [0.15, 0.2) is 67.3 Å². The number of benzene rings is 2. The summed E-state index contributed by atoms with van der Waals surface area (Å²) in [5, 5.41) is 8.00. The van der Waals surface area contributed by atoms with E-state index in [0.717, 1.165) is 18.4 Å². The lowest BCUT2D eigenvalue weighted by molar-refractivity contribution is -0.122. The summed E-state index contributed by atoms with van der Waals surface area (Å²) in [6.45, 7) is 0.283. The highest BCUT2D eigenvalue weighted by molar-refractivity contribution is 6.35. The van der Waals surface area contributed by atoms with Crippen LogP contribution in [0.1, 0.15) is 44.1 Å². The predicted octanol–water partition coefficient (Wildman–Crippen LogP) is 7.48. The number of nitrogens with one attached hydrogen (secondary N) is 2. The minimum absolute atomic E-state index is 0.112. The van der Waals surface area contributed by atoms with Gasteiger partial charge in [-0.25, -0.2) is 4.98 Å². The molecule has 1 unspecified atom stereocenters. The number of hydrogen-bond acceptors (Lipinski definition) is 6. The van der Waals surface area contributed by atoms with Gasteiger partial charge in [0, 0.05) is 40.1 Å². The molecule has 208 valence electrons. The molecule has 40 heavy (non-hydrogen) atoms. The van der Waals surface area contributed by atoms with Gasteiger partial charge in [-0.2, -0.15) is 9.97 Å². The van der Waals surface area contributed by atoms with Crippen molar-refractivity contribution in [3.05, 3.63) is 87.9 Å². The van der Waals surface area contributed by atoms with Crippen molar-refractivity contribution in [2.24, 2.45) is 5.92 Å². The second-order valence-corrected chi connectivity index (χ2v) is 11.1. The molecule has 1 atom stereocenters. The molecule has 11 heteroatoms. The summed E-state index contributed by atoms with van der Waals surface area (Å²) in [7, 11) is 0. The number of anilines is 1. The number of carbonyl (C=O) groups excluding carboxylic acids is 1. The molecule has 0 aliphatic heterocycles. The molecule has 5 rings (SSSR count). The number of nitrogens with zero attached hydrogens (tertiary/aromatic N) is 4. The Morgan fingerprint density at radius 1 is 1.02 bits per heavy atom. The first-order valence-electron chi connectivity index (χ1n) is 13.2. The van der Waals surface area contributed by atoms with Crippen LogP contribution in [0, 0.1) is 5.92 Å². The molecule has 1 aliphatic rings. The first-order valence-corrected chi connectivity index (χ1v) is 14.4. The normalized spacial score (nSPS) is 14.5. The van der Waals surface area contributed by atoms with Crippen molar-refractivity contribution >= 4 is 46.5 Å². The highest BCUT2D eigenvalue weighted by Gasteiger charge is 2.25. The molecule has 0 spiro atoms. The zero-order valence-corrected chi connectivity index (χ0v) is 24.0. The van der Waals surface area contributed by atoms with E-state index in [-0.39, 0.29) is 18.5 Å². The number of imidazole rings is 1. The Labute approximate surface area is 248 Å². The molecular formula is C29H29Cl3N6O2. The Hall–Kier alpha value is -3.33. The van der Waals surface area contributed by atoms with E-state index in [2.05, 4.69) is 25.6 Å². The van der Waals surface area contributed by atoms with E-state index in [1.807, 2.05) is 6.07 Å². The van der Waals surface area contributed by atoms with E-state index in [0.29, 0.717) is 44.8 Å². The van der Waals surface area contributed by atoms with Gasteiger partial charge in [0.2, 0.25) is 5.91 Å². The fourth-order valence-corrected chi connectivity index (χ4v) is 5.49. The molecule has 1 saturated carbocycles. The third kappa shape index (κ3) is 7.65. The number of amides is 1. The largest absolute Gasteiger partial charge is 0.424 e. The van der Waals surface area contributed by atoms with Crippen LogP contribution in [-0.2, 0) is 11.3 Å². The Kier molecular flexibility index (Phi) is 9.41. The van der Waals surface area contributed by atoms with Crippen molar-refractivity contribution in [1.82, 2.24) is 24.8 Å². The standard InChI is InChI=1S/C29H29Cl3N6O2/c30-21-7-4-8-23(14-21)40-29-36-26(16-27(37-29)38-12-11-33-18-38)35-25(13-19-5-2-1-3-6-19)28(39)34-17-20-9-10-22(31)15-24(20)32/h4,7-12,14-16,18-19,25H,1-3,5-6,13,17H2,(H,34,39)(H,35,36,37). The van der Waals surface area contributed by atoms with Crippen molar-refractivity contribution < 1.29 is 9.53 Å². The van der Waals surface area contributed by atoms with E-state index >= 15 is 0 Å². The van der Waals surface area contributed by atoms with Crippen molar-refractivity contribution in [3.63, 3.8) is 0 Å². The molecule has 0 bridgehead atoms. The van der Waals surface area contributed by atoms with E-state index in [4.69, 9.17) is 39.5 Å². The van der Waals surface area contributed by atoms with Gasteiger partial charge in [-0.1, -0.05) is 79.0 Å². The SMILES string of the molecule is O=C(NCc1ccc(Cl)cc1Cl)C(CC1CCCCC1)Nc1cc(-n2ccnc2)nc(Oc2cccc(Cl)c2)n1. The van der Waals surface area contributed by atoms with E-state index in [1.165, 1.54) is 19.3 Å². The molecule has 4 aromatic rings. The summed E-state index contributed by atoms with van der Waals surface area (Å²) < 4.78 is 7.70. The zero-order valence-electron chi connectivity index (χ0n) is 21.7. The average Bonchev–Trinajstić information content (AvgIpc) is 3.48. The van der Waals surface area contributed by atoms with Crippen LogP contribution in [0.3, 0.4) is 0 Å². The van der Waals surface area contributed by atoms with E-state index < -0.39 is 6.04 Å². The highest BCUT2D eigenvalue weighted by atomic mass is 35.5. The maximum Gasteiger partial charge on any atom is 0.325 e. The molecule has 8 nitrogen and oxygen atoms in total. The molecular weight excluding hydrogens is 571 g/mol. The van der Waals surface area contributed by atoms with Crippen molar-refractivity contribution in [2.75, 3.05) is 5.32 Å². The van der Waals surface area contributed by atoms with Crippen LogP contribution < -0.4 is 15.4 Å². The van der Waals surface area contributed by atoms with Crippen molar-refractivity contribution in [3.8, 4) is 17.6 Å². The Morgan fingerprint density at radius 2 is 1.85 bits per heavy atom. The van der Waals surface area contributed by atoms with Crippen LogP contribution in [0.25, 0.3) is 5.82 Å².